The summed E-state index contributed by atoms with van der Waals surface area (Å²) in [4.78, 5) is 44.4. The van der Waals surface area contributed by atoms with E-state index >= 15 is 0 Å². The smallest absolute Gasteiger partial charge is 0.317 e. The van der Waals surface area contributed by atoms with Crippen molar-refractivity contribution in [3.05, 3.63) is 0 Å². The maximum atomic E-state index is 10.6. The fourth-order valence-electron chi connectivity index (χ4n) is 1.48. The van der Waals surface area contributed by atoms with Crippen LogP contribution in [0.25, 0.3) is 0 Å². The van der Waals surface area contributed by atoms with Crippen molar-refractivity contribution in [2.45, 2.75) is 0 Å². The largest absolute Gasteiger partial charge is 0.480 e. The molecule has 0 aromatic rings. The van der Waals surface area contributed by atoms with E-state index < -0.39 is 50.1 Å². The van der Waals surface area contributed by atoms with Gasteiger partial charge in [0.05, 0.1) is 26.2 Å². The third-order valence-corrected chi connectivity index (χ3v) is 2.17. The predicted molar refractivity (Wildman–Crippen MR) is 69.2 cm³/mol. The third kappa shape index (κ3) is 13.5. The molecule has 0 heterocycles. The number of nitrogens with zero attached hydrogens (tertiary/aromatic N) is 2. The Morgan fingerprint density at radius 2 is 0.762 bits per heavy atom. The maximum Gasteiger partial charge on any atom is 0.317 e. The zero-order valence-corrected chi connectivity index (χ0v) is 13.6. The molecule has 0 aliphatic carbocycles. The second-order valence-corrected chi connectivity index (χ2v) is 4.00. The molecule has 0 amide bonds. The van der Waals surface area contributed by atoms with Crippen LogP contribution in [0.4, 0.5) is 0 Å². The van der Waals surface area contributed by atoms with Gasteiger partial charge in [0, 0.05) is 42.6 Å². The molecular weight excluding hydrogens is 299 g/mol. The van der Waals surface area contributed by atoms with E-state index in [0.717, 1.165) is 9.80 Å². The number of rotatable bonds is 11. The van der Waals surface area contributed by atoms with Gasteiger partial charge in [-0.3, -0.25) is 29.0 Å². The average molecular weight is 315 g/mol. The van der Waals surface area contributed by atoms with Crippen molar-refractivity contribution in [2.24, 2.45) is 0 Å². The number of aliphatic carboxylic acids is 4. The first-order valence-electron chi connectivity index (χ1n) is 5.52. The minimum atomic E-state index is -1.23. The topological polar surface area (TPSA) is 156 Å². The summed E-state index contributed by atoms with van der Waals surface area (Å²) in [5.74, 6) is -4.91. The molecule has 11 heteroatoms. The van der Waals surface area contributed by atoms with E-state index in [2.05, 4.69) is 0 Å². The van der Waals surface area contributed by atoms with E-state index in [9.17, 15) is 19.2 Å². The summed E-state index contributed by atoms with van der Waals surface area (Å²) >= 11 is 0. The van der Waals surface area contributed by atoms with Crippen molar-refractivity contribution < 1.29 is 39.6 Å². The molecule has 1 radical (unpaired) electrons. The van der Waals surface area contributed by atoms with E-state index in [1.54, 1.807) is 0 Å². The van der Waals surface area contributed by atoms with Crippen LogP contribution in [0.5, 0.6) is 0 Å². The van der Waals surface area contributed by atoms with Crippen LogP contribution < -0.4 is 0 Å². The molecule has 0 unspecified atom stereocenters. The molecule has 0 aliphatic rings. The summed E-state index contributed by atoms with van der Waals surface area (Å²) in [7, 11) is 0. The number of hydrogen-bond donors (Lipinski definition) is 4. The summed E-state index contributed by atoms with van der Waals surface area (Å²) < 4.78 is 0. The molecule has 0 bridgehead atoms. The third-order valence-electron chi connectivity index (χ3n) is 2.17. The van der Waals surface area contributed by atoms with E-state index in [-0.39, 0.29) is 42.6 Å². The Balaban J connectivity index is 0. The summed E-state index contributed by atoms with van der Waals surface area (Å²) in [6.07, 6.45) is 0. The summed E-state index contributed by atoms with van der Waals surface area (Å²) in [5, 5.41) is 34.5. The Hall–Kier alpha value is -1.20. The molecule has 0 fully saturated rings. The fourth-order valence-corrected chi connectivity index (χ4v) is 1.48. The van der Waals surface area contributed by atoms with Crippen LogP contribution in [-0.4, -0.2) is 123 Å². The normalized spacial score (nSPS) is 10.2. The van der Waals surface area contributed by atoms with E-state index in [1.807, 2.05) is 0 Å². The SMILES string of the molecule is O=C(O)CN(CCN(CC(=O)O)CC(=O)O)CC(=O)O.[Na]. The van der Waals surface area contributed by atoms with Gasteiger partial charge < -0.3 is 20.4 Å². The molecular formula is C10H16N2NaO8. The Morgan fingerprint density at radius 1 is 0.571 bits per heavy atom. The minimum absolute atomic E-state index is 0. The van der Waals surface area contributed by atoms with Gasteiger partial charge in [-0.1, -0.05) is 0 Å². The second-order valence-electron chi connectivity index (χ2n) is 4.00. The summed E-state index contributed by atoms with van der Waals surface area (Å²) in [5.41, 5.74) is 0. The molecule has 0 rings (SSSR count). The number of carbonyl (C=O) groups is 4. The van der Waals surface area contributed by atoms with Crippen LogP contribution in [0.3, 0.4) is 0 Å². The van der Waals surface area contributed by atoms with Crippen molar-refractivity contribution in [1.82, 2.24) is 9.80 Å². The molecule has 21 heavy (non-hydrogen) atoms. The molecule has 10 nitrogen and oxygen atoms in total. The molecule has 115 valence electrons. The fraction of sp³-hybridized carbons (Fsp3) is 0.600. The van der Waals surface area contributed by atoms with Gasteiger partial charge in [0.15, 0.2) is 0 Å². The van der Waals surface area contributed by atoms with Crippen LogP contribution in [0.15, 0.2) is 0 Å². The van der Waals surface area contributed by atoms with Crippen LogP contribution in [0.2, 0.25) is 0 Å². The first-order chi connectivity index (χ1) is 9.20. The molecule has 4 N–H and O–H groups in total. The second kappa shape index (κ2) is 11.5. The van der Waals surface area contributed by atoms with Gasteiger partial charge in [-0.15, -0.1) is 0 Å². The molecule has 0 spiro atoms. The summed E-state index contributed by atoms with van der Waals surface area (Å²) in [6, 6.07) is 0. The van der Waals surface area contributed by atoms with E-state index in [1.165, 1.54) is 0 Å². The summed E-state index contributed by atoms with van der Waals surface area (Å²) in [6.45, 7) is -2.25. The van der Waals surface area contributed by atoms with Gasteiger partial charge in [-0.25, -0.2) is 0 Å². The standard InChI is InChI=1S/C10H16N2O8.Na/c13-7(14)3-11(4-8(15)16)1-2-12(5-9(17)18)6-10(19)20;/h1-6H2,(H,13,14)(H,15,16)(H,17,18)(H,19,20);. The molecule has 0 aromatic heterocycles. The zero-order chi connectivity index (χ0) is 15.7. The molecule has 0 atom stereocenters. The minimum Gasteiger partial charge on any atom is -0.480 e. The first-order valence-corrected chi connectivity index (χ1v) is 5.52. The van der Waals surface area contributed by atoms with Crippen molar-refractivity contribution in [1.29, 1.82) is 0 Å². The van der Waals surface area contributed by atoms with Crippen molar-refractivity contribution in [3.8, 4) is 0 Å². The van der Waals surface area contributed by atoms with Crippen LogP contribution in [-0.2, 0) is 19.2 Å². The number of carboxylic acids is 4. The monoisotopic (exact) mass is 315 g/mol. The van der Waals surface area contributed by atoms with Crippen LogP contribution >= 0.6 is 0 Å². The molecule has 0 saturated carbocycles. The van der Waals surface area contributed by atoms with Crippen molar-refractivity contribution in [3.63, 3.8) is 0 Å². The first kappa shape index (κ1) is 22.1. The van der Waals surface area contributed by atoms with Crippen LogP contribution in [0.1, 0.15) is 0 Å². The Labute approximate surface area is 142 Å². The van der Waals surface area contributed by atoms with E-state index in [4.69, 9.17) is 20.4 Å². The van der Waals surface area contributed by atoms with Crippen LogP contribution in [0, 0.1) is 0 Å². The molecule has 0 aromatic carbocycles. The number of carboxylic acid groups (broad SMARTS) is 4. The Kier molecular flexibility index (Phi) is 12.1. The Bertz CT molecular complexity index is 321. The zero-order valence-electron chi connectivity index (χ0n) is 11.6. The quantitative estimate of drug-likeness (QED) is 0.302. The van der Waals surface area contributed by atoms with Crippen molar-refractivity contribution in [2.75, 3.05) is 39.3 Å². The van der Waals surface area contributed by atoms with Gasteiger partial charge in [0.2, 0.25) is 0 Å². The van der Waals surface area contributed by atoms with Gasteiger partial charge in [0.25, 0.3) is 0 Å². The van der Waals surface area contributed by atoms with Gasteiger partial charge in [-0.2, -0.15) is 0 Å². The molecule has 0 aliphatic heterocycles. The van der Waals surface area contributed by atoms with Gasteiger partial charge in [-0.05, 0) is 0 Å². The van der Waals surface area contributed by atoms with Gasteiger partial charge >= 0.3 is 23.9 Å². The average Bonchev–Trinajstić information content (AvgIpc) is 2.22. The van der Waals surface area contributed by atoms with E-state index in [0.29, 0.717) is 0 Å². The Morgan fingerprint density at radius 3 is 0.905 bits per heavy atom. The predicted octanol–water partition coefficient (Wildman–Crippen LogP) is -2.45. The van der Waals surface area contributed by atoms with Crippen molar-refractivity contribution >= 4 is 53.4 Å². The molecule has 0 saturated heterocycles. The maximum absolute atomic E-state index is 10.6. The number of hydrogen-bond acceptors (Lipinski definition) is 6. The van der Waals surface area contributed by atoms with Gasteiger partial charge in [0.1, 0.15) is 0 Å².